The van der Waals surface area contributed by atoms with E-state index in [1.807, 2.05) is 27.7 Å². The minimum atomic E-state index is -0.593. The molecule has 128 valence electrons. The molecule has 1 unspecified atom stereocenters. The lowest BCUT2D eigenvalue weighted by Gasteiger charge is -2.22. The maximum Gasteiger partial charge on any atom is 0.247 e. The standard InChI is InChI=1S/C17H27N3O3/c1-10(2)8-15(21)20-16(11(3)4)17(22)19-12-6-7-14(23-5)13(18)9-12/h6-7,9-11,16H,8,18H2,1-5H3,(H,19,22)(H,20,21). The Hall–Kier alpha value is -2.24. The van der Waals surface area contributed by atoms with Crippen LogP contribution in [0.5, 0.6) is 5.75 Å². The molecule has 0 radical (unpaired) electrons. The number of hydrogen-bond donors (Lipinski definition) is 3. The minimum absolute atomic E-state index is 0.0262. The number of rotatable bonds is 7. The van der Waals surface area contributed by atoms with Crippen LogP contribution in [-0.2, 0) is 9.59 Å². The fourth-order valence-electron chi connectivity index (χ4n) is 2.17. The number of nitrogen functional groups attached to an aromatic ring is 1. The zero-order valence-corrected chi connectivity index (χ0v) is 14.5. The van der Waals surface area contributed by atoms with Gasteiger partial charge in [0, 0.05) is 12.1 Å². The van der Waals surface area contributed by atoms with Gasteiger partial charge in [-0.15, -0.1) is 0 Å². The molecule has 0 saturated heterocycles. The predicted octanol–water partition coefficient (Wildman–Crippen LogP) is 2.40. The van der Waals surface area contributed by atoms with Crippen LogP contribution in [0.4, 0.5) is 11.4 Å². The fourth-order valence-corrected chi connectivity index (χ4v) is 2.17. The average molecular weight is 321 g/mol. The van der Waals surface area contributed by atoms with Gasteiger partial charge in [0.25, 0.3) is 0 Å². The van der Waals surface area contributed by atoms with Crippen molar-refractivity contribution in [1.29, 1.82) is 0 Å². The molecule has 1 atom stereocenters. The second kappa shape index (κ2) is 8.41. The van der Waals surface area contributed by atoms with Gasteiger partial charge in [0.1, 0.15) is 11.8 Å². The first-order chi connectivity index (χ1) is 10.7. The van der Waals surface area contributed by atoms with Gasteiger partial charge in [-0.1, -0.05) is 27.7 Å². The highest BCUT2D eigenvalue weighted by Gasteiger charge is 2.24. The van der Waals surface area contributed by atoms with Crippen LogP contribution < -0.4 is 21.1 Å². The van der Waals surface area contributed by atoms with Gasteiger partial charge in [-0.2, -0.15) is 0 Å². The molecule has 1 rings (SSSR count). The fraction of sp³-hybridized carbons (Fsp3) is 0.529. The lowest BCUT2D eigenvalue weighted by molar-refractivity contribution is -0.127. The second-order valence-electron chi connectivity index (χ2n) is 6.33. The van der Waals surface area contributed by atoms with Crippen molar-refractivity contribution in [1.82, 2.24) is 5.32 Å². The molecule has 6 nitrogen and oxygen atoms in total. The third-order valence-corrected chi connectivity index (χ3v) is 3.36. The van der Waals surface area contributed by atoms with E-state index >= 15 is 0 Å². The van der Waals surface area contributed by atoms with E-state index in [0.29, 0.717) is 23.5 Å². The van der Waals surface area contributed by atoms with Crippen molar-refractivity contribution >= 4 is 23.2 Å². The Balaban J connectivity index is 2.78. The Kier molecular flexibility index (Phi) is 6.88. The lowest BCUT2D eigenvalue weighted by Crippen LogP contribution is -2.47. The molecule has 1 aromatic carbocycles. The highest BCUT2D eigenvalue weighted by Crippen LogP contribution is 2.24. The van der Waals surface area contributed by atoms with Crippen molar-refractivity contribution in [3.8, 4) is 5.75 Å². The quantitative estimate of drug-likeness (QED) is 0.672. The molecule has 6 heteroatoms. The molecule has 0 aliphatic heterocycles. The highest BCUT2D eigenvalue weighted by molar-refractivity contribution is 5.97. The highest BCUT2D eigenvalue weighted by atomic mass is 16.5. The van der Waals surface area contributed by atoms with Crippen LogP contribution in [0.15, 0.2) is 18.2 Å². The molecular formula is C17H27N3O3. The van der Waals surface area contributed by atoms with Crippen LogP contribution in [0, 0.1) is 11.8 Å². The van der Waals surface area contributed by atoms with E-state index in [-0.39, 0.29) is 23.7 Å². The molecule has 0 aromatic heterocycles. The van der Waals surface area contributed by atoms with Crippen molar-refractivity contribution < 1.29 is 14.3 Å². The van der Waals surface area contributed by atoms with Gasteiger partial charge in [0.15, 0.2) is 0 Å². The third kappa shape index (κ3) is 5.81. The van der Waals surface area contributed by atoms with E-state index in [1.165, 1.54) is 7.11 Å². The molecule has 1 aromatic rings. The topological polar surface area (TPSA) is 93.5 Å². The van der Waals surface area contributed by atoms with Crippen molar-refractivity contribution in [3.63, 3.8) is 0 Å². The average Bonchev–Trinajstić information content (AvgIpc) is 2.43. The predicted molar refractivity (Wildman–Crippen MR) is 92.3 cm³/mol. The van der Waals surface area contributed by atoms with E-state index in [4.69, 9.17) is 10.5 Å². The zero-order valence-electron chi connectivity index (χ0n) is 14.5. The number of hydrogen-bond acceptors (Lipinski definition) is 4. The first-order valence-corrected chi connectivity index (χ1v) is 7.78. The van der Waals surface area contributed by atoms with Gasteiger partial charge >= 0.3 is 0 Å². The summed E-state index contributed by atoms with van der Waals surface area (Å²) in [4.78, 5) is 24.4. The van der Waals surface area contributed by atoms with E-state index in [9.17, 15) is 9.59 Å². The van der Waals surface area contributed by atoms with Crippen molar-refractivity contribution in [2.24, 2.45) is 11.8 Å². The molecule has 0 heterocycles. The number of benzene rings is 1. The molecule has 0 saturated carbocycles. The van der Waals surface area contributed by atoms with Crippen LogP contribution in [0.1, 0.15) is 34.1 Å². The number of carbonyl (C=O) groups is 2. The summed E-state index contributed by atoms with van der Waals surface area (Å²) in [7, 11) is 1.53. The number of amides is 2. The number of anilines is 2. The maximum atomic E-state index is 12.4. The number of nitrogens with two attached hydrogens (primary N) is 1. The summed E-state index contributed by atoms with van der Waals surface area (Å²) in [5.41, 5.74) is 6.84. The van der Waals surface area contributed by atoms with Crippen LogP contribution >= 0.6 is 0 Å². The summed E-state index contributed by atoms with van der Waals surface area (Å²) in [5, 5.41) is 5.58. The van der Waals surface area contributed by atoms with Gasteiger partial charge in [-0.05, 0) is 30.0 Å². The van der Waals surface area contributed by atoms with E-state index in [2.05, 4.69) is 10.6 Å². The van der Waals surface area contributed by atoms with Crippen molar-refractivity contribution in [3.05, 3.63) is 18.2 Å². The van der Waals surface area contributed by atoms with Gasteiger partial charge in [-0.3, -0.25) is 9.59 Å². The molecule has 0 bridgehead atoms. The van der Waals surface area contributed by atoms with Crippen molar-refractivity contribution in [2.75, 3.05) is 18.2 Å². The van der Waals surface area contributed by atoms with Crippen molar-refractivity contribution in [2.45, 2.75) is 40.2 Å². The molecule has 4 N–H and O–H groups in total. The first-order valence-electron chi connectivity index (χ1n) is 7.78. The van der Waals surface area contributed by atoms with Crippen LogP contribution in [-0.4, -0.2) is 25.0 Å². The van der Waals surface area contributed by atoms with E-state index < -0.39 is 6.04 Å². The number of ether oxygens (including phenoxy) is 1. The Morgan fingerprint density at radius 3 is 2.35 bits per heavy atom. The van der Waals surface area contributed by atoms with Crippen LogP contribution in [0.3, 0.4) is 0 Å². The maximum absolute atomic E-state index is 12.4. The number of nitrogens with one attached hydrogen (secondary N) is 2. The molecular weight excluding hydrogens is 294 g/mol. The number of carbonyl (C=O) groups excluding carboxylic acids is 2. The zero-order chi connectivity index (χ0) is 17.6. The molecule has 0 aliphatic carbocycles. The SMILES string of the molecule is COc1ccc(NC(=O)C(NC(=O)CC(C)C)C(C)C)cc1N. The van der Waals surface area contributed by atoms with Gasteiger partial charge in [0.2, 0.25) is 11.8 Å². The molecule has 0 aliphatic rings. The Morgan fingerprint density at radius 2 is 1.87 bits per heavy atom. The van der Waals surface area contributed by atoms with E-state index in [0.717, 1.165) is 0 Å². The molecule has 0 fully saturated rings. The smallest absolute Gasteiger partial charge is 0.247 e. The lowest BCUT2D eigenvalue weighted by atomic mass is 10.0. The minimum Gasteiger partial charge on any atom is -0.495 e. The Bertz CT molecular complexity index is 556. The van der Waals surface area contributed by atoms with Gasteiger partial charge < -0.3 is 21.1 Å². The van der Waals surface area contributed by atoms with Crippen LogP contribution in [0.2, 0.25) is 0 Å². The summed E-state index contributed by atoms with van der Waals surface area (Å²) >= 11 is 0. The largest absolute Gasteiger partial charge is 0.495 e. The van der Waals surface area contributed by atoms with Gasteiger partial charge in [0.05, 0.1) is 12.8 Å². The number of methoxy groups -OCH3 is 1. The molecule has 2 amide bonds. The van der Waals surface area contributed by atoms with Crippen LogP contribution in [0.25, 0.3) is 0 Å². The summed E-state index contributed by atoms with van der Waals surface area (Å²) in [6.45, 7) is 7.71. The molecule has 0 spiro atoms. The first kappa shape index (κ1) is 18.8. The Labute approximate surface area is 137 Å². The summed E-state index contributed by atoms with van der Waals surface area (Å²) < 4.78 is 5.09. The molecule has 23 heavy (non-hydrogen) atoms. The summed E-state index contributed by atoms with van der Waals surface area (Å²) in [5.74, 6) is 0.382. The summed E-state index contributed by atoms with van der Waals surface area (Å²) in [6, 6.07) is 4.43. The Morgan fingerprint density at radius 1 is 1.22 bits per heavy atom. The monoisotopic (exact) mass is 321 g/mol. The van der Waals surface area contributed by atoms with E-state index in [1.54, 1.807) is 18.2 Å². The summed E-state index contributed by atoms with van der Waals surface area (Å²) in [6.07, 6.45) is 0.395. The van der Waals surface area contributed by atoms with Gasteiger partial charge in [-0.25, -0.2) is 0 Å². The normalized spacial score (nSPS) is 12.1. The second-order valence-corrected chi connectivity index (χ2v) is 6.33. The third-order valence-electron chi connectivity index (χ3n) is 3.36.